The van der Waals surface area contributed by atoms with E-state index in [1.54, 1.807) is 36.4 Å². The van der Waals surface area contributed by atoms with E-state index in [4.69, 9.17) is 46.4 Å². The van der Waals surface area contributed by atoms with Crippen LogP contribution in [0.5, 0.6) is 0 Å². The van der Waals surface area contributed by atoms with Crippen LogP contribution in [0.2, 0.25) is 20.1 Å². The largest absolute Gasteiger partial charge is 0.352 e. The van der Waals surface area contributed by atoms with Crippen molar-refractivity contribution in [2.45, 2.75) is 43.8 Å². The molecule has 0 fully saturated rings. The molecule has 4 rings (SSSR count). The van der Waals surface area contributed by atoms with Gasteiger partial charge in [0.05, 0.1) is 25.7 Å². The number of benzene rings is 4. The van der Waals surface area contributed by atoms with Gasteiger partial charge in [-0.2, -0.15) is 0 Å². The number of nitrogens with one attached hydrogen (secondary N) is 1. The van der Waals surface area contributed by atoms with Crippen LogP contribution in [0.1, 0.15) is 25.0 Å². The number of halogens is 4. The highest BCUT2D eigenvalue weighted by Gasteiger charge is 2.35. The third-order valence-corrected chi connectivity index (χ3v) is 9.89. The third kappa shape index (κ3) is 8.93. The van der Waals surface area contributed by atoms with E-state index in [9.17, 15) is 18.0 Å². The summed E-state index contributed by atoms with van der Waals surface area (Å²) < 4.78 is 29.1. The van der Waals surface area contributed by atoms with Gasteiger partial charge in [0.25, 0.3) is 10.0 Å². The van der Waals surface area contributed by atoms with Crippen molar-refractivity contribution in [1.82, 2.24) is 10.2 Å². The number of hydrogen-bond donors (Lipinski definition) is 1. The summed E-state index contributed by atoms with van der Waals surface area (Å²) in [6.07, 6.45) is 0.163. The smallest absolute Gasteiger partial charge is 0.264 e. The minimum absolute atomic E-state index is 0.0158. The summed E-state index contributed by atoms with van der Waals surface area (Å²) in [5.74, 6) is -1.06. The number of anilines is 1. The van der Waals surface area contributed by atoms with Crippen molar-refractivity contribution < 1.29 is 18.0 Å². The predicted octanol–water partition coefficient (Wildman–Crippen LogP) is 7.66. The van der Waals surface area contributed by atoms with Gasteiger partial charge >= 0.3 is 0 Å². The van der Waals surface area contributed by atoms with Crippen molar-refractivity contribution in [3.8, 4) is 0 Å². The van der Waals surface area contributed by atoms with Gasteiger partial charge in [-0.05, 0) is 67.4 Å². The molecule has 45 heavy (non-hydrogen) atoms. The summed E-state index contributed by atoms with van der Waals surface area (Å²) in [5, 5.41) is 3.80. The van der Waals surface area contributed by atoms with Crippen LogP contribution in [-0.2, 0) is 32.6 Å². The Labute approximate surface area is 283 Å². The zero-order valence-corrected chi connectivity index (χ0v) is 28.3. The van der Waals surface area contributed by atoms with Gasteiger partial charge in [0.1, 0.15) is 12.6 Å². The molecule has 0 spiro atoms. The Hall–Kier alpha value is -3.27. The minimum Gasteiger partial charge on any atom is -0.352 e. The van der Waals surface area contributed by atoms with Crippen molar-refractivity contribution in [2.24, 2.45) is 0 Å². The lowest BCUT2D eigenvalue weighted by molar-refractivity contribution is -0.140. The average molecular weight is 708 g/mol. The fourth-order valence-corrected chi connectivity index (χ4v) is 6.88. The Kier molecular flexibility index (Phi) is 11.8. The quantitative estimate of drug-likeness (QED) is 0.164. The Morgan fingerprint density at radius 1 is 0.756 bits per heavy atom. The number of carbonyl (C=O) groups excluding carboxylic acids is 2. The van der Waals surface area contributed by atoms with Crippen LogP contribution < -0.4 is 9.62 Å². The van der Waals surface area contributed by atoms with Gasteiger partial charge in [-0.15, -0.1) is 0 Å². The van der Waals surface area contributed by atoms with Crippen molar-refractivity contribution in [3.05, 3.63) is 128 Å². The highest BCUT2D eigenvalue weighted by Crippen LogP contribution is 2.33. The lowest BCUT2D eigenvalue weighted by Gasteiger charge is -2.34. The van der Waals surface area contributed by atoms with Crippen LogP contribution in [0.4, 0.5) is 5.69 Å². The summed E-state index contributed by atoms with van der Waals surface area (Å²) in [4.78, 5) is 29.6. The van der Waals surface area contributed by atoms with Crippen molar-refractivity contribution >= 4 is 73.9 Å². The molecule has 0 heterocycles. The van der Waals surface area contributed by atoms with Crippen LogP contribution >= 0.6 is 46.4 Å². The van der Waals surface area contributed by atoms with E-state index < -0.39 is 34.4 Å². The molecule has 0 bridgehead atoms. The molecule has 0 aliphatic carbocycles. The van der Waals surface area contributed by atoms with E-state index in [0.29, 0.717) is 10.6 Å². The molecule has 0 aromatic heterocycles. The third-order valence-electron chi connectivity index (χ3n) is 6.83. The molecule has 1 atom stereocenters. The molecule has 0 saturated heterocycles. The second-order valence-electron chi connectivity index (χ2n) is 10.6. The number of nitrogens with zero attached hydrogens (tertiary/aromatic N) is 2. The molecule has 0 saturated carbocycles. The van der Waals surface area contributed by atoms with E-state index in [1.807, 2.05) is 44.2 Å². The molecule has 0 radical (unpaired) electrons. The second-order valence-corrected chi connectivity index (χ2v) is 14.1. The number of hydrogen-bond acceptors (Lipinski definition) is 4. The van der Waals surface area contributed by atoms with Gasteiger partial charge < -0.3 is 10.2 Å². The fourth-order valence-electron chi connectivity index (χ4n) is 4.68. The summed E-state index contributed by atoms with van der Waals surface area (Å²) in [6.45, 7) is 2.88. The maximum atomic E-state index is 14.5. The monoisotopic (exact) mass is 705 g/mol. The molecule has 4 aromatic carbocycles. The molecule has 7 nitrogen and oxygen atoms in total. The molecule has 1 N–H and O–H groups in total. The number of sulfonamides is 1. The van der Waals surface area contributed by atoms with E-state index in [-0.39, 0.29) is 44.7 Å². The zero-order valence-electron chi connectivity index (χ0n) is 24.5. The van der Waals surface area contributed by atoms with Crippen LogP contribution in [0.15, 0.2) is 102 Å². The van der Waals surface area contributed by atoms with Crippen LogP contribution in [0, 0.1) is 0 Å². The van der Waals surface area contributed by atoms with Gasteiger partial charge in [-0.3, -0.25) is 13.9 Å². The first-order chi connectivity index (χ1) is 21.4. The lowest BCUT2D eigenvalue weighted by Crippen LogP contribution is -2.54. The minimum atomic E-state index is -4.33. The SMILES string of the molecule is CC(C)NC(=O)[C@H](Cc1ccccc1)N(Cc1ccc(Cl)c(Cl)c1)C(=O)CN(c1cc(Cl)ccc1Cl)S(=O)(=O)c1ccccc1. The molecule has 4 aromatic rings. The van der Waals surface area contributed by atoms with Crippen LogP contribution in [0.3, 0.4) is 0 Å². The highest BCUT2D eigenvalue weighted by atomic mass is 35.5. The van der Waals surface area contributed by atoms with Gasteiger partial charge in [-0.25, -0.2) is 8.42 Å². The first-order valence-corrected chi connectivity index (χ1v) is 16.9. The average Bonchev–Trinajstić information content (AvgIpc) is 3.01. The molecule has 0 aliphatic heterocycles. The molecule has 236 valence electrons. The summed E-state index contributed by atoms with van der Waals surface area (Å²) in [6, 6.07) is 24.9. The Morgan fingerprint density at radius 3 is 2.00 bits per heavy atom. The van der Waals surface area contributed by atoms with Crippen molar-refractivity contribution in [2.75, 3.05) is 10.8 Å². The topological polar surface area (TPSA) is 86.8 Å². The first-order valence-electron chi connectivity index (χ1n) is 14.0. The Bertz CT molecular complexity index is 1760. The highest BCUT2D eigenvalue weighted by molar-refractivity contribution is 7.92. The maximum absolute atomic E-state index is 14.5. The van der Waals surface area contributed by atoms with Crippen molar-refractivity contribution in [1.29, 1.82) is 0 Å². The van der Waals surface area contributed by atoms with Gasteiger partial charge in [0, 0.05) is 24.0 Å². The second kappa shape index (κ2) is 15.3. The zero-order chi connectivity index (χ0) is 32.7. The van der Waals surface area contributed by atoms with Crippen LogP contribution in [0.25, 0.3) is 0 Å². The normalized spacial score (nSPS) is 12.1. The molecule has 0 unspecified atom stereocenters. The molecule has 0 aliphatic rings. The fraction of sp³-hybridized carbons (Fsp3) is 0.212. The lowest BCUT2D eigenvalue weighted by atomic mass is 10.0. The summed E-state index contributed by atoms with van der Waals surface area (Å²) >= 11 is 25.2. The molecule has 2 amide bonds. The van der Waals surface area contributed by atoms with E-state index in [1.165, 1.54) is 35.2 Å². The maximum Gasteiger partial charge on any atom is 0.264 e. The van der Waals surface area contributed by atoms with Gasteiger partial charge in [0.15, 0.2) is 0 Å². The van der Waals surface area contributed by atoms with E-state index >= 15 is 0 Å². The molecular weight excluding hydrogens is 676 g/mol. The number of rotatable bonds is 12. The summed E-state index contributed by atoms with van der Waals surface area (Å²) in [5.41, 5.74) is 1.41. The Balaban J connectivity index is 1.84. The standard InChI is InChI=1S/C33H31Cl4N3O4S/c1-22(2)38-33(42)31(18-23-9-5-3-6-10-23)39(20-24-13-15-27(35)29(37)17-24)32(41)21-40(30-19-25(34)14-16-28(30)36)45(43,44)26-11-7-4-8-12-26/h3-17,19,22,31H,18,20-21H2,1-2H3,(H,38,42)/t31-/m0/s1. The Morgan fingerprint density at radius 2 is 1.38 bits per heavy atom. The first kappa shape index (κ1) is 34.6. The number of carbonyl (C=O) groups is 2. The molecule has 12 heteroatoms. The van der Waals surface area contributed by atoms with Gasteiger partial charge in [-0.1, -0.05) is 101 Å². The molecular formula is C33H31Cl4N3O4S. The predicted molar refractivity (Wildman–Crippen MR) is 182 cm³/mol. The van der Waals surface area contributed by atoms with Gasteiger partial charge in [0.2, 0.25) is 11.8 Å². The number of amides is 2. The van der Waals surface area contributed by atoms with Crippen molar-refractivity contribution in [3.63, 3.8) is 0 Å². The van der Waals surface area contributed by atoms with E-state index in [0.717, 1.165) is 9.87 Å². The summed E-state index contributed by atoms with van der Waals surface area (Å²) in [7, 11) is -4.33. The van der Waals surface area contributed by atoms with Crippen LogP contribution in [-0.4, -0.2) is 43.8 Å². The van der Waals surface area contributed by atoms with E-state index in [2.05, 4.69) is 5.32 Å².